The van der Waals surface area contributed by atoms with E-state index in [2.05, 4.69) is 18.5 Å². The van der Waals surface area contributed by atoms with Gasteiger partial charge in [0.2, 0.25) is 17.5 Å². The summed E-state index contributed by atoms with van der Waals surface area (Å²) in [6, 6.07) is 6.58. The minimum atomic E-state index is -0.358. The van der Waals surface area contributed by atoms with Gasteiger partial charge in [-0.05, 0) is 0 Å². The quantitative estimate of drug-likeness (QED) is 0.817. The number of fused-ring (bicyclic) bond motifs is 1. The first-order valence-electron chi connectivity index (χ1n) is 7.19. The maximum absolute atomic E-state index is 12.9. The summed E-state index contributed by atoms with van der Waals surface area (Å²) in [6.45, 7) is 9.00. The van der Waals surface area contributed by atoms with E-state index in [9.17, 15) is 14.4 Å². The van der Waals surface area contributed by atoms with Gasteiger partial charge in [0.25, 0.3) is 0 Å². The molecule has 0 bridgehead atoms. The van der Waals surface area contributed by atoms with Crippen molar-refractivity contribution >= 4 is 17.5 Å². The lowest BCUT2D eigenvalue weighted by Crippen LogP contribution is -2.40. The molecule has 23 heavy (non-hydrogen) atoms. The average Bonchev–Trinajstić information content (AvgIpc) is 2.55. The third-order valence-electron chi connectivity index (χ3n) is 3.48. The second kappa shape index (κ2) is 6.87. The van der Waals surface area contributed by atoms with Crippen LogP contribution < -0.4 is 5.32 Å². The molecular formula is C18H18N2O3. The third kappa shape index (κ3) is 2.99. The predicted molar refractivity (Wildman–Crippen MR) is 87.9 cm³/mol. The normalized spacial score (nSPS) is 13.4. The van der Waals surface area contributed by atoms with E-state index in [1.54, 1.807) is 30.3 Å². The fraction of sp³-hybridized carbons (Fsp3) is 0.167. The van der Waals surface area contributed by atoms with Crippen LogP contribution in [-0.2, 0) is 4.79 Å². The number of rotatable bonds is 6. The fourth-order valence-corrected chi connectivity index (χ4v) is 2.46. The number of carbonyl (C=O) groups is 3. The molecule has 0 aromatic heterocycles. The molecule has 0 atom stereocenters. The van der Waals surface area contributed by atoms with Crippen molar-refractivity contribution in [2.24, 2.45) is 0 Å². The second-order valence-corrected chi connectivity index (χ2v) is 5.02. The number of Topliss-reactive ketones (excluding diaryl/α,β-unsaturated/α-hetero) is 2. The lowest BCUT2D eigenvalue weighted by atomic mass is 9.89. The molecule has 0 aliphatic heterocycles. The zero-order valence-electron chi connectivity index (χ0n) is 13.0. The van der Waals surface area contributed by atoms with Gasteiger partial charge in [-0.3, -0.25) is 14.4 Å². The van der Waals surface area contributed by atoms with Crippen LogP contribution in [0.5, 0.6) is 0 Å². The number of amides is 1. The molecule has 118 valence electrons. The lowest BCUT2D eigenvalue weighted by Gasteiger charge is -2.28. The number of hydrogen-bond acceptors (Lipinski definition) is 4. The fourth-order valence-electron chi connectivity index (χ4n) is 2.46. The molecule has 2 rings (SSSR count). The molecule has 1 aliphatic rings. The summed E-state index contributed by atoms with van der Waals surface area (Å²) >= 11 is 0. The van der Waals surface area contributed by atoms with Crippen LogP contribution in [0, 0.1) is 0 Å². The number of nitrogens with zero attached hydrogens (tertiary/aromatic N) is 1. The predicted octanol–water partition coefficient (Wildman–Crippen LogP) is 2.09. The van der Waals surface area contributed by atoms with E-state index in [0.717, 1.165) is 0 Å². The molecule has 0 spiro atoms. The maximum Gasteiger partial charge on any atom is 0.224 e. The van der Waals surface area contributed by atoms with Crippen molar-refractivity contribution < 1.29 is 14.4 Å². The van der Waals surface area contributed by atoms with Gasteiger partial charge in [0.05, 0.1) is 0 Å². The van der Waals surface area contributed by atoms with Crippen molar-refractivity contribution in [1.82, 2.24) is 10.2 Å². The number of hydrogen-bond donors (Lipinski definition) is 1. The van der Waals surface area contributed by atoms with E-state index < -0.39 is 0 Å². The number of allylic oxidation sites excluding steroid dienone is 2. The van der Waals surface area contributed by atoms with Gasteiger partial charge in [-0.15, -0.1) is 13.2 Å². The topological polar surface area (TPSA) is 66.5 Å². The van der Waals surface area contributed by atoms with Crippen LogP contribution in [-0.4, -0.2) is 35.5 Å². The van der Waals surface area contributed by atoms with E-state index in [1.807, 2.05) is 0 Å². The van der Waals surface area contributed by atoms with Crippen LogP contribution in [0.1, 0.15) is 27.6 Å². The Balaban J connectivity index is 2.65. The maximum atomic E-state index is 12.9. The summed E-state index contributed by atoms with van der Waals surface area (Å²) in [6.07, 6.45) is 3.09. The van der Waals surface area contributed by atoms with Gasteiger partial charge < -0.3 is 10.2 Å². The van der Waals surface area contributed by atoms with Crippen LogP contribution >= 0.6 is 0 Å². The van der Waals surface area contributed by atoms with Crippen LogP contribution in [0.3, 0.4) is 0 Å². The van der Waals surface area contributed by atoms with Crippen molar-refractivity contribution in [3.8, 4) is 0 Å². The highest BCUT2D eigenvalue weighted by molar-refractivity contribution is 6.27. The largest absolute Gasteiger partial charge is 0.377 e. The molecule has 1 N–H and O–H groups in total. The Kier molecular flexibility index (Phi) is 4.91. The highest BCUT2D eigenvalue weighted by Gasteiger charge is 2.35. The van der Waals surface area contributed by atoms with E-state index in [0.29, 0.717) is 17.7 Å². The molecule has 5 heteroatoms. The Hall–Kier alpha value is -2.95. The third-order valence-corrected chi connectivity index (χ3v) is 3.48. The Morgan fingerprint density at radius 1 is 1.13 bits per heavy atom. The summed E-state index contributed by atoms with van der Waals surface area (Å²) < 4.78 is 0. The standard InChI is InChI=1S/C18H18N2O3/c1-4-10-19-15-16(20(11-5-2)12(3)21)18(23)14-9-7-6-8-13(14)17(15)22/h4-9,19H,1-2,10-11H2,3H3. The number of benzene rings is 1. The summed E-state index contributed by atoms with van der Waals surface area (Å²) in [5, 5.41) is 2.90. The van der Waals surface area contributed by atoms with Gasteiger partial charge in [0.15, 0.2) is 0 Å². The highest BCUT2D eigenvalue weighted by atomic mass is 16.2. The Morgan fingerprint density at radius 3 is 2.26 bits per heavy atom. The van der Waals surface area contributed by atoms with Gasteiger partial charge in [-0.2, -0.15) is 0 Å². The molecule has 0 heterocycles. The van der Waals surface area contributed by atoms with Crippen LogP contribution in [0.4, 0.5) is 0 Å². The summed E-state index contributed by atoms with van der Waals surface area (Å²) in [7, 11) is 0. The van der Waals surface area contributed by atoms with Crippen molar-refractivity contribution in [3.63, 3.8) is 0 Å². The van der Waals surface area contributed by atoms with Gasteiger partial charge in [0.1, 0.15) is 11.4 Å². The number of ketones is 2. The SMILES string of the molecule is C=CCNC1=C(N(CC=C)C(C)=O)C(=O)c2ccccc2C1=O. The first kappa shape index (κ1) is 16.4. The van der Waals surface area contributed by atoms with Gasteiger partial charge in [-0.1, -0.05) is 36.4 Å². The minimum Gasteiger partial charge on any atom is -0.377 e. The number of nitrogens with one attached hydrogen (secondary N) is 1. The molecule has 1 amide bonds. The monoisotopic (exact) mass is 310 g/mol. The van der Waals surface area contributed by atoms with Crippen molar-refractivity contribution in [2.45, 2.75) is 6.92 Å². The Morgan fingerprint density at radius 2 is 1.74 bits per heavy atom. The molecule has 1 aliphatic carbocycles. The van der Waals surface area contributed by atoms with Gasteiger partial charge in [0, 0.05) is 31.1 Å². The second-order valence-electron chi connectivity index (χ2n) is 5.02. The molecule has 0 radical (unpaired) electrons. The average molecular weight is 310 g/mol. The highest BCUT2D eigenvalue weighted by Crippen LogP contribution is 2.27. The molecule has 1 aromatic rings. The summed E-state index contributed by atoms with van der Waals surface area (Å²) in [5.41, 5.74) is 0.801. The Bertz CT molecular complexity index is 732. The van der Waals surface area contributed by atoms with E-state index >= 15 is 0 Å². The molecule has 1 aromatic carbocycles. The van der Waals surface area contributed by atoms with Crippen LogP contribution in [0.15, 0.2) is 61.0 Å². The molecule has 0 fully saturated rings. The summed E-state index contributed by atoms with van der Waals surface area (Å²) in [5.74, 6) is -1.01. The number of carbonyl (C=O) groups excluding carboxylic acids is 3. The van der Waals surface area contributed by atoms with Gasteiger partial charge in [-0.25, -0.2) is 0 Å². The minimum absolute atomic E-state index is 0.0583. The summed E-state index contributed by atoms with van der Waals surface area (Å²) in [4.78, 5) is 38.8. The smallest absolute Gasteiger partial charge is 0.224 e. The van der Waals surface area contributed by atoms with Crippen LogP contribution in [0.2, 0.25) is 0 Å². The first-order valence-corrected chi connectivity index (χ1v) is 7.19. The Labute approximate surface area is 135 Å². The van der Waals surface area contributed by atoms with Gasteiger partial charge >= 0.3 is 0 Å². The molecular weight excluding hydrogens is 292 g/mol. The van der Waals surface area contributed by atoms with E-state index in [4.69, 9.17) is 0 Å². The molecule has 0 unspecified atom stereocenters. The zero-order valence-corrected chi connectivity index (χ0v) is 13.0. The van der Waals surface area contributed by atoms with E-state index in [-0.39, 0.29) is 35.4 Å². The molecule has 5 nitrogen and oxygen atoms in total. The lowest BCUT2D eigenvalue weighted by molar-refractivity contribution is -0.126. The zero-order chi connectivity index (χ0) is 17.0. The van der Waals surface area contributed by atoms with Crippen LogP contribution in [0.25, 0.3) is 0 Å². The molecule has 0 saturated heterocycles. The van der Waals surface area contributed by atoms with Crippen molar-refractivity contribution in [3.05, 3.63) is 72.1 Å². The van der Waals surface area contributed by atoms with E-state index in [1.165, 1.54) is 17.9 Å². The first-order chi connectivity index (χ1) is 11.0. The van der Waals surface area contributed by atoms with Crippen molar-refractivity contribution in [2.75, 3.05) is 13.1 Å². The van der Waals surface area contributed by atoms with Crippen molar-refractivity contribution in [1.29, 1.82) is 0 Å². The molecule has 0 saturated carbocycles.